The van der Waals surface area contributed by atoms with Gasteiger partial charge in [0, 0.05) is 44.0 Å². The van der Waals surface area contributed by atoms with Crippen LogP contribution in [-0.4, -0.2) is 26.2 Å². The maximum Gasteiger partial charge on any atom is 0.182 e. The lowest BCUT2D eigenvalue weighted by molar-refractivity contribution is -0.605. The lowest BCUT2D eigenvalue weighted by Gasteiger charge is -2.28. The standard InChI is InChI=1S/C9H13N3O/c13-12-5-1-9(2-6-12)11-7-3-10-4-8-11/h1-2,5-6,10H,3-4,7-8H2. The van der Waals surface area contributed by atoms with Crippen molar-refractivity contribution in [2.45, 2.75) is 0 Å². The Labute approximate surface area is 77.4 Å². The molecule has 0 unspecified atom stereocenters. The van der Waals surface area contributed by atoms with E-state index >= 15 is 0 Å². The molecular weight excluding hydrogens is 166 g/mol. The molecule has 1 aliphatic heterocycles. The Kier molecular flexibility index (Phi) is 2.31. The van der Waals surface area contributed by atoms with Gasteiger partial charge in [-0.15, -0.1) is 0 Å². The molecule has 0 atom stereocenters. The van der Waals surface area contributed by atoms with Crippen molar-refractivity contribution in [1.29, 1.82) is 0 Å². The summed E-state index contributed by atoms with van der Waals surface area (Å²) < 4.78 is 0.811. The van der Waals surface area contributed by atoms with E-state index in [1.807, 2.05) is 12.1 Å². The zero-order valence-electron chi connectivity index (χ0n) is 7.44. The van der Waals surface area contributed by atoms with E-state index in [9.17, 15) is 5.21 Å². The number of rotatable bonds is 1. The van der Waals surface area contributed by atoms with Gasteiger partial charge in [0.2, 0.25) is 0 Å². The minimum absolute atomic E-state index is 0.811. The highest BCUT2D eigenvalue weighted by Crippen LogP contribution is 2.11. The summed E-state index contributed by atoms with van der Waals surface area (Å²) >= 11 is 0. The second kappa shape index (κ2) is 3.62. The minimum atomic E-state index is 0.811. The third-order valence-corrected chi connectivity index (χ3v) is 2.27. The van der Waals surface area contributed by atoms with Crippen LogP contribution in [0.1, 0.15) is 0 Å². The highest BCUT2D eigenvalue weighted by Gasteiger charge is 2.10. The molecule has 1 aromatic heterocycles. The Morgan fingerprint density at radius 1 is 1.23 bits per heavy atom. The van der Waals surface area contributed by atoms with Crippen LogP contribution in [0.3, 0.4) is 0 Å². The molecule has 0 aliphatic carbocycles. The average molecular weight is 179 g/mol. The molecule has 0 amide bonds. The van der Waals surface area contributed by atoms with Gasteiger partial charge < -0.3 is 15.4 Å². The van der Waals surface area contributed by atoms with Crippen molar-refractivity contribution in [3.05, 3.63) is 29.7 Å². The Bertz CT molecular complexity index is 267. The number of hydrogen-bond donors (Lipinski definition) is 1. The first kappa shape index (κ1) is 8.31. The summed E-state index contributed by atoms with van der Waals surface area (Å²) in [4.78, 5) is 2.27. The molecule has 2 rings (SSSR count). The summed E-state index contributed by atoms with van der Waals surface area (Å²) in [6.07, 6.45) is 3.08. The van der Waals surface area contributed by atoms with E-state index < -0.39 is 0 Å². The van der Waals surface area contributed by atoms with E-state index in [1.165, 1.54) is 12.4 Å². The maximum absolute atomic E-state index is 10.8. The monoisotopic (exact) mass is 179 g/mol. The molecule has 4 heteroatoms. The molecule has 0 aromatic carbocycles. The van der Waals surface area contributed by atoms with E-state index in [1.54, 1.807) is 0 Å². The largest absolute Gasteiger partial charge is 0.619 e. The minimum Gasteiger partial charge on any atom is -0.619 e. The molecular formula is C9H13N3O. The SMILES string of the molecule is [O-][n+]1ccc(N2CCNCC2)cc1. The topological polar surface area (TPSA) is 42.2 Å². The quantitative estimate of drug-likeness (QED) is 0.476. The summed E-state index contributed by atoms with van der Waals surface area (Å²) in [5, 5.41) is 14.1. The van der Waals surface area contributed by atoms with Crippen LogP contribution in [-0.2, 0) is 0 Å². The molecule has 1 N–H and O–H groups in total. The molecule has 4 nitrogen and oxygen atoms in total. The molecule has 1 saturated heterocycles. The molecule has 1 aliphatic rings. The molecule has 0 bridgehead atoms. The summed E-state index contributed by atoms with van der Waals surface area (Å²) in [6.45, 7) is 4.07. The van der Waals surface area contributed by atoms with Gasteiger partial charge in [-0.3, -0.25) is 0 Å². The normalized spacial score (nSPS) is 17.4. The second-order valence-electron chi connectivity index (χ2n) is 3.15. The first-order chi connectivity index (χ1) is 6.36. The average Bonchev–Trinajstić information content (AvgIpc) is 2.20. The van der Waals surface area contributed by atoms with Crippen molar-refractivity contribution in [2.24, 2.45) is 0 Å². The Morgan fingerprint density at radius 2 is 1.85 bits per heavy atom. The van der Waals surface area contributed by atoms with Crippen LogP contribution >= 0.6 is 0 Å². The van der Waals surface area contributed by atoms with Gasteiger partial charge in [-0.1, -0.05) is 0 Å². The van der Waals surface area contributed by atoms with Crippen LogP contribution in [0.2, 0.25) is 0 Å². The molecule has 0 radical (unpaired) electrons. The van der Waals surface area contributed by atoms with Crippen molar-refractivity contribution in [3.8, 4) is 0 Å². The van der Waals surface area contributed by atoms with Crippen LogP contribution < -0.4 is 14.9 Å². The number of pyridine rings is 1. The fourth-order valence-corrected chi connectivity index (χ4v) is 1.54. The lowest BCUT2D eigenvalue weighted by Crippen LogP contribution is -2.43. The van der Waals surface area contributed by atoms with E-state index in [0.29, 0.717) is 0 Å². The van der Waals surface area contributed by atoms with E-state index in [-0.39, 0.29) is 0 Å². The van der Waals surface area contributed by atoms with Crippen LogP contribution in [0.15, 0.2) is 24.5 Å². The first-order valence-corrected chi connectivity index (χ1v) is 4.51. The Morgan fingerprint density at radius 3 is 2.46 bits per heavy atom. The van der Waals surface area contributed by atoms with E-state index in [0.717, 1.165) is 36.6 Å². The van der Waals surface area contributed by atoms with Crippen LogP contribution in [0.4, 0.5) is 5.69 Å². The fraction of sp³-hybridized carbons (Fsp3) is 0.444. The molecule has 1 fully saturated rings. The van der Waals surface area contributed by atoms with Crippen molar-refractivity contribution in [3.63, 3.8) is 0 Å². The van der Waals surface area contributed by atoms with E-state index in [2.05, 4.69) is 10.2 Å². The smallest absolute Gasteiger partial charge is 0.182 e. The van der Waals surface area contributed by atoms with E-state index in [4.69, 9.17) is 0 Å². The number of nitrogens with zero attached hydrogens (tertiary/aromatic N) is 2. The fourth-order valence-electron chi connectivity index (χ4n) is 1.54. The summed E-state index contributed by atoms with van der Waals surface area (Å²) in [6, 6.07) is 3.72. The molecule has 2 heterocycles. The molecule has 13 heavy (non-hydrogen) atoms. The van der Waals surface area contributed by atoms with Gasteiger partial charge in [-0.2, -0.15) is 4.73 Å². The maximum atomic E-state index is 10.8. The predicted octanol–water partition coefficient (Wildman–Crippen LogP) is -0.270. The lowest BCUT2D eigenvalue weighted by atomic mass is 10.3. The molecule has 0 spiro atoms. The predicted molar refractivity (Wildman–Crippen MR) is 50.5 cm³/mol. The first-order valence-electron chi connectivity index (χ1n) is 4.51. The third kappa shape index (κ3) is 1.89. The van der Waals surface area contributed by atoms with Gasteiger partial charge >= 0.3 is 0 Å². The Balaban J connectivity index is 2.10. The van der Waals surface area contributed by atoms with Crippen LogP contribution in [0.5, 0.6) is 0 Å². The number of aromatic nitrogens is 1. The third-order valence-electron chi connectivity index (χ3n) is 2.27. The highest BCUT2D eigenvalue weighted by atomic mass is 16.5. The summed E-state index contributed by atoms with van der Waals surface area (Å²) in [5.41, 5.74) is 1.13. The molecule has 0 saturated carbocycles. The summed E-state index contributed by atoms with van der Waals surface area (Å²) in [7, 11) is 0. The molecule has 1 aromatic rings. The van der Waals surface area contributed by atoms with Crippen LogP contribution in [0, 0.1) is 5.21 Å². The zero-order chi connectivity index (χ0) is 9.10. The van der Waals surface area contributed by atoms with Crippen molar-refractivity contribution in [1.82, 2.24) is 5.32 Å². The second-order valence-corrected chi connectivity index (χ2v) is 3.15. The van der Waals surface area contributed by atoms with Crippen LogP contribution in [0.25, 0.3) is 0 Å². The van der Waals surface area contributed by atoms with Crippen molar-refractivity contribution >= 4 is 5.69 Å². The summed E-state index contributed by atoms with van der Waals surface area (Å²) in [5.74, 6) is 0. The highest BCUT2D eigenvalue weighted by molar-refractivity contribution is 5.44. The number of hydrogen-bond acceptors (Lipinski definition) is 3. The number of piperazine rings is 1. The Hall–Kier alpha value is -1.29. The van der Waals surface area contributed by atoms with Crippen molar-refractivity contribution < 1.29 is 4.73 Å². The van der Waals surface area contributed by atoms with Gasteiger partial charge in [-0.25, -0.2) is 0 Å². The van der Waals surface area contributed by atoms with Crippen molar-refractivity contribution in [2.75, 3.05) is 31.1 Å². The van der Waals surface area contributed by atoms with Gasteiger partial charge in [0.15, 0.2) is 12.4 Å². The number of nitrogens with one attached hydrogen (secondary N) is 1. The van der Waals surface area contributed by atoms with Gasteiger partial charge in [0.1, 0.15) is 0 Å². The van der Waals surface area contributed by atoms with Gasteiger partial charge in [0.05, 0.1) is 0 Å². The molecule has 70 valence electrons. The zero-order valence-corrected chi connectivity index (χ0v) is 7.44. The van der Waals surface area contributed by atoms with Gasteiger partial charge in [-0.05, 0) is 0 Å². The van der Waals surface area contributed by atoms with Gasteiger partial charge in [0.25, 0.3) is 0 Å². The number of anilines is 1.